The number of halogens is 2. The zero-order chi connectivity index (χ0) is 10.8. The van der Waals surface area contributed by atoms with Crippen molar-refractivity contribution in [2.24, 2.45) is 0 Å². The molecule has 0 bridgehead atoms. The SMILES string of the molecule is O=C(c1ccco1)c1c(F)cccc1F. The average molecular weight is 208 g/mol. The third-order valence-corrected chi connectivity index (χ3v) is 1.93. The Morgan fingerprint density at radius 1 is 1.07 bits per heavy atom. The first-order valence-electron chi connectivity index (χ1n) is 4.22. The number of ketones is 1. The number of rotatable bonds is 2. The van der Waals surface area contributed by atoms with Crippen molar-refractivity contribution in [1.29, 1.82) is 0 Å². The number of carbonyl (C=O) groups is 1. The quantitative estimate of drug-likeness (QED) is 0.710. The highest BCUT2D eigenvalue weighted by molar-refractivity contribution is 6.07. The monoisotopic (exact) mass is 208 g/mol. The number of hydrogen-bond donors (Lipinski definition) is 0. The molecule has 76 valence electrons. The summed E-state index contributed by atoms with van der Waals surface area (Å²) in [5.41, 5.74) is -0.590. The highest BCUT2D eigenvalue weighted by Gasteiger charge is 2.20. The van der Waals surface area contributed by atoms with Crippen molar-refractivity contribution in [3.05, 3.63) is 59.6 Å². The summed E-state index contributed by atoms with van der Waals surface area (Å²) in [6.07, 6.45) is 1.27. The van der Waals surface area contributed by atoms with E-state index >= 15 is 0 Å². The first-order valence-corrected chi connectivity index (χ1v) is 4.22. The van der Waals surface area contributed by atoms with Crippen LogP contribution in [-0.2, 0) is 0 Å². The van der Waals surface area contributed by atoms with Gasteiger partial charge >= 0.3 is 0 Å². The number of hydrogen-bond acceptors (Lipinski definition) is 2. The molecule has 2 nitrogen and oxygen atoms in total. The third kappa shape index (κ3) is 1.66. The summed E-state index contributed by atoms with van der Waals surface area (Å²) in [6.45, 7) is 0. The highest BCUT2D eigenvalue weighted by atomic mass is 19.1. The number of furan rings is 1. The highest BCUT2D eigenvalue weighted by Crippen LogP contribution is 2.17. The number of benzene rings is 1. The van der Waals surface area contributed by atoms with Crippen LogP contribution in [0.5, 0.6) is 0 Å². The van der Waals surface area contributed by atoms with Gasteiger partial charge in [-0.05, 0) is 24.3 Å². The van der Waals surface area contributed by atoms with E-state index in [0.717, 1.165) is 12.1 Å². The van der Waals surface area contributed by atoms with E-state index in [1.54, 1.807) is 0 Å². The Hall–Kier alpha value is -1.97. The van der Waals surface area contributed by atoms with Crippen LogP contribution in [0.4, 0.5) is 8.78 Å². The summed E-state index contributed by atoms with van der Waals surface area (Å²) < 4.78 is 31.2. The predicted octanol–water partition coefficient (Wildman–Crippen LogP) is 2.79. The fourth-order valence-electron chi connectivity index (χ4n) is 1.25. The fourth-order valence-corrected chi connectivity index (χ4v) is 1.25. The van der Waals surface area contributed by atoms with Gasteiger partial charge in [0.25, 0.3) is 0 Å². The van der Waals surface area contributed by atoms with Crippen molar-refractivity contribution in [2.75, 3.05) is 0 Å². The molecule has 1 aromatic carbocycles. The Bertz CT molecular complexity index is 469. The van der Waals surface area contributed by atoms with Gasteiger partial charge in [-0.3, -0.25) is 4.79 Å². The maximum atomic E-state index is 13.2. The van der Waals surface area contributed by atoms with Gasteiger partial charge in [0.15, 0.2) is 5.76 Å². The summed E-state index contributed by atoms with van der Waals surface area (Å²) in [5, 5.41) is 0. The molecular formula is C11H6F2O2. The van der Waals surface area contributed by atoms with E-state index in [9.17, 15) is 13.6 Å². The van der Waals surface area contributed by atoms with Crippen molar-refractivity contribution >= 4 is 5.78 Å². The van der Waals surface area contributed by atoms with Crippen LogP contribution < -0.4 is 0 Å². The van der Waals surface area contributed by atoms with Crippen LogP contribution in [0.15, 0.2) is 41.0 Å². The first kappa shape index (κ1) is 9.58. The molecule has 0 N–H and O–H groups in total. The molecule has 0 spiro atoms. The van der Waals surface area contributed by atoms with Crippen molar-refractivity contribution in [1.82, 2.24) is 0 Å². The molecule has 1 aromatic heterocycles. The smallest absolute Gasteiger partial charge is 0.234 e. The lowest BCUT2D eigenvalue weighted by molar-refractivity contribution is 0.100. The second-order valence-corrected chi connectivity index (χ2v) is 2.90. The molecular weight excluding hydrogens is 202 g/mol. The van der Waals surface area contributed by atoms with E-state index in [2.05, 4.69) is 0 Å². The largest absolute Gasteiger partial charge is 0.461 e. The summed E-state index contributed by atoms with van der Waals surface area (Å²) in [6, 6.07) is 6.09. The zero-order valence-corrected chi connectivity index (χ0v) is 7.54. The van der Waals surface area contributed by atoms with Gasteiger partial charge in [-0.2, -0.15) is 0 Å². The molecule has 0 aliphatic rings. The van der Waals surface area contributed by atoms with Crippen LogP contribution in [0.25, 0.3) is 0 Å². The van der Waals surface area contributed by atoms with E-state index in [1.165, 1.54) is 24.5 Å². The molecule has 15 heavy (non-hydrogen) atoms. The third-order valence-electron chi connectivity index (χ3n) is 1.93. The Balaban J connectivity index is 2.51. The molecule has 0 saturated carbocycles. The molecule has 2 rings (SSSR count). The molecule has 0 radical (unpaired) electrons. The minimum atomic E-state index is -0.892. The van der Waals surface area contributed by atoms with Crippen molar-refractivity contribution in [3.8, 4) is 0 Å². The lowest BCUT2D eigenvalue weighted by Crippen LogP contribution is -2.06. The normalized spacial score (nSPS) is 10.3. The molecule has 2 aromatic rings. The molecule has 1 heterocycles. The van der Waals surface area contributed by atoms with Gasteiger partial charge in [0.05, 0.1) is 11.8 Å². The van der Waals surface area contributed by atoms with Gasteiger partial charge in [-0.15, -0.1) is 0 Å². The molecule has 0 aliphatic carbocycles. The van der Waals surface area contributed by atoms with Crippen molar-refractivity contribution in [2.45, 2.75) is 0 Å². The van der Waals surface area contributed by atoms with Crippen molar-refractivity contribution in [3.63, 3.8) is 0 Å². The van der Waals surface area contributed by atoms with Crippen LogP contribution in [0, 0.1) is 11.6 Å². The molecule has 0 unspecified atom stereocenters. The van der Waals surface area contributed by atoms with E-state index in [0.29, 0.717) is 0 Å². The van der Waals surface area contributed by atoms with Gasteiger partial charge in [0.1, 0.15) is 11.6 Å². The van der Waals surface area contributed by atoms with Crippen molar-refractivity contribution < 1.29 is 18.0 Å². The maximum absolute atomic E-state index is 13.2. The van der Waals surface area contributed by atoms with Gasteiger partial charge in [-0.1, -0.05) is 6.07 Å². The first-order chi connectivity index (χ1) is 7.20. The molecule has 0 aliphatic heterocycles. The Morgan fingerprint density at radius 2 is 1.73 bits per heavy atom. The van der Waals surface area contributed by atoms with E-state index in [-0.39, 0.29) is 5.76 Å². The average Bonchev–Trinajstić information content (AvgIpc) is 2.69. The molecule has 0 atom stereocenters. The summed E-state index contributed by atoms with van der Waals surface area (Å²) >= 11 is 0. The molecule has 4 heteroatoms. The molecule has 0 saturated heterocycles. The lowest BCUT2D eigenvalue weighted by atomic mass is 10.1. The van der Waals surface area contributed by atoms with Crippen LogP contribution in [-0.4, -0.2) is 5.78 Å². The van der Waals surface area contributed by atoms with E-state index < -0.39 is 23.0 Å². The van der Waals surface area contributed by atoms with Crippen LogP contribution in [0.3, 0.4) is 0 Å². The van der Waals surface area contributed by atoms with E-state index in [4.69, 9.17) is 4.42 Å². The van der Waals surface area contributed by atoms with Gasteiger partial charge < -0.3 is 4.42 Å². The Kier molecular flexibility index (Phi) is 2.33. The topological polar surface area (TPSA) is 30.2 Å². The summed E-state index contributed by atoms with van der Waals surface area (Å²) in [5.74, 6) is -2.66. The zero-order valence-electron chi connectivity index (χ0n) is 7.54. The van der Waals surface area contributed by atoms with E-state index in [1.807, 2.05) is 0 Å². The van der Waals surface area contributed by atoms with Gasteiger partial charge in [0.2, 0.25) is 5.78 Å². The van der Waals surface area contributed by atoms with Gasteiger partial charge in [0, 0.05) is 0 Å². The minimum Gasteiger partial charge on any atom is -0.461 e. The van der Waals surface area contributed by atoms with Gasteiger partial charge in [-0.25, -0.2) is 8.78 Å². The fraction of sp³-hybridized carbons (Fsp3) is 0. The maximum Gasteiger partial charge on any atom is 0.234 e. The van der Waals surface area contributed by atoms with Crippen LogP contribution >= 0.6 is 0 Å². The second-order valence-electron chi connectivity index (χ2n) is 2.90. The second kappa shape index (κ2) is 3.65. The minimum absolute atomic E-state index is 0.0843. The Labute approximate surface area is 84.1 Å². The summed E-state index contributed by atoms with van der Waals surface area (Å²) in [7, 11) is 0. The predicted molar refractivity (Wildman–Crippen MR) is 48.5 cm³/mol. The molecule has 0 fully saturated rings. The summed E-state index contributed by atoms with van der Waals surface area (Å²) in [4.78, 5) is 11.6. The van der Waals surface area contributed by atoms with Crippen LogP contribution in [0.2, 0.25) is 0 Å². The Morgan fingerprint density at radius 3 is 2.27 bits per heavy atom. The van der Waals surface area contributed by atoms with Crippen LogP contribution in [0.1, 0.15) is 16.1 Å². The standard InChI is InChI=1S/C11H6F2O2/c12-7-3-1-4-8(13)10(7)11(14)9-5-2-6-15-9/h1-6H. The molecule has 0 amide bonds. The lowest BCUT2D eigenvalue weighted by Gasteiger charge is -2.00. The number of carbonyl (C=O) groups excluding carboxylic acids is 1.